The molecule has 0 aliphatic carbocycles. The topological polar surface area (TPSA) is 32.3 Å². The van der Waals surface area contributed by atoms with E-state index in [2.05, 4.69) is 26.0 Å². The number of aromatic nitrogens is 2. The summed E-state index contributed by atoms with van der Waals surface area (Å²) in [7, 11) is 0. The first-order valence-electron chi connectivity index (χ1n) is 8.89. The lowest BCUT2D eigenvalue weighted by Gasteiger charge is -2.33. The molecule has 27 heavy (non-hydrogen) atoms. The minimum Gasteiger partial charge on any atom is -0.344 e. The van der Waals surface area contributed by atoms with Crippen LogP contribution in [0.25, 0.3) is 11.4 Å². The maximum absolute atomic E-state index is 13.2. The van der Waals surface area contributed by atoms with E-state index in [0.29, 0.717) is 6.54 Å². The van der Waals surface area contributed by atoms with E-state index >= 15 is 0 Å². The molecule has 1 saturated heterocycles. The molecule has 0 saturated carbocycles. The van der Waals surface area contributed by atoms with Gasteiger partial charge in [-0.15, -0.1) is 0 Å². The summed E-state index contributed by atoms with van der Waals surface area (Å²) < 4.78 is 17.7. The highest BCUT2D eigenvalue weighted by Crippen LogP contribution is 2.24. The summed E-state index contributed by atoms with van der Waals surface area (Å²) in [5.74, 6) is 6.72. The largest absolute Gasteiger partial charge is 0.344 e. The third-order valence-electron chi connectivity index (χ3n) is 4.45. The highest BCUT2D eigenvalue weighted by Gasteiger charge is 2.19. The lowest BCUT2D eigenvalue weighted by atomic mass is 10.2. The first-order valence-corrected chi connectivity index (χ1v) is 9.66. The Bertz CT molecular complexity index is 953. The van der Waals surface area contributed by atoms with Crippen molar-refractivity contribution in [1.82, 2.24) is 14.3 Å². The van der Waals surface area contributed by atoms with Crippen LogP contribution in [0.1, 0.15) is 5.56 Å². The van der Waals surface area contributed by atoms with Crippen LogP contribution >= 0.6 is 11.5 Å². The molecule has 1 aliphatic heterocycles. The van der Waals surface area contributed by atoms with Gasteiger partial charge in [-0.3, -0.25) is 4.90 Å². The Labute approximate surface area is 162 Å². The molecule has 0 N–H and O–H groups in total. The number of halogens is 1. The number of hydrogen-bond acceptors (Lipinski definition) is 5. The van der Waals surface area contributed by atoms with Crippen LogP contribution in [0.15, 0.2) is 54.6 Å². The van der Waals surface area contributed by atoms with E-state index in [1.807, 2.05) is 36.4 Å². The molecule has 1 aromatic heterocycles. The smallest absolute Gasteiger partial charge is 0.205 e. The van der Waals surface area contributed by atoms with Crippen LogP contribution in [-0.4, -0.2) is 47.0 Å². The summed E-state index contributed by atoms with van der Waals surface area (Å²) in [6.45, 7) is 4.36. The monoisotopic (exact) mass is 378 g/mol. The Morgan fingerprint density at radius 3 is 2.59 bits per heavy atom. The standard InChI is InChI=1S/C21H19FN4S/c22-19-10-4-6-17(16-19)7-5-11-25-12-14-26(15-13-25)21-23-20(24-27-21)18-8-2-1-3-9-18/h1-4,6,8-10,16H,11-15H2. The fraction of sp³-hybridized carbons (Fsp3) is 0.238. The summed E-state index contributed by atoms with van der Waals surface area (Å²) in [6, 6.07) is 16.5. The zero-order chi connectivity index (χ0) is 18.5. The maximum atomic E-state index is 13.2. The van der Waals surface area contributed by atoms with Crippen molar-refractivity contribution in [2.24, 2.45) is 0 Å². The molecule has 1 aliphatic rings. The molecule has 3 aromatic rings. The highest BCUT2D eigenvalue weighted by molar-refractivity contribution is 7.09. The minimum atomic E-state index is -0.248. The Morgan fingerprint density at radius 1 is 1.00 bits per heavy atom. The number of benzene rings is 2. The van der Waals surface area contributed by atoms with E-state index in [1.54, 1.807) is 6.07 Å². The number of rotatable bonds is 3. The second-order valence-electron chi connectivity index (χ2n) is 6.34. The van der Waals surface area contributed by atoms with Gasteiger partial charge in [0.05, 0.1) is 6.54 Å². The van der Waals surface area contributed by atoms with Crippen LogP contribution in [0.3, 0.4) is 0 Å². The number of anilines is 1. The van der Waals surface area contributed by atoms with E-state index in [0.717, 1.165) is 48.3 Å². The fourth-order valence-electron chi connectivity index (χ4n) is 2.97. The molecule has 0 bridgehead atoms. The van der Waals surface area contributed by atoms with Gasteiger partial charge in [0.1, 0.15) is 5.82 Å². The molecule has 0 radical (unpaired) electrons. The van der Waals surface area contributed by atoms with Gasteiger partial charge in [0.25, 0.3) is 0 Å². The van der Waals surface area contributed by atoms with Crippen molar-refractivity contribution in [2.75, 3.05) is 37.6 Å². The van der Waals surface area contributed by atoms with Gasteiger partial charge in [0, 0.05) is 48.8 Å². The van der Waals surface area contributed by atoms with Crippen LogP contribution in [0, 0.1) is 17.7 Å². The first-order chi connectivity index (χ1) is 13.3. The summed E-state index contributed by atoms with van der Waals surface area (Å²) in [5.41, 5.74) is 1.77. The van der Waals surface area contributed by atoms with Crippen molar-refractivity contribution < 1.29 is 4.39 Å². The SMILES string of the molecule is Fc1cccc(C#CCN2CCN(c3nc(-c4ccccc4)ns3)CC2)c1. The summed E-state index contributed by atoms with van der Waals surface area (Å²) in [6.07, 6.45) is 0. The van der Waals surface area contributed by atoms with Crippen molar-refractivity contribution in [2.45, 2.75) is 0 Å². The molecule has 0 unspecified atom stereocenters. The molecule has 4 nitrogen and oxygen atoms in total. The third kappa shape index (κ3) is 4.51. The van der Waals surface area contributed by atoms with Crippen molar-refractivity contribution in [3.8, 4) is 23.2 Å². The van der Waals surface area contributed by atoms with Gasteiger partial charge in [-0.1, -0.05) is 48.2 Å². The second kappa shape index (κ2) is 8.30. The summed E-state index contributed by atoms with van der Waals surface area (Å²) in [4.78, 5) is 9.28. The third-order valence-corrected chi connectivity index (χ3v) is 5.23. The van der Waals surface area contributed by atoms with Gasteiger partial charge in [0.15, 0.2) is 5.82 Å². The molecular formula is C21H19FN4S. The number of piperazine rings is 1. The lowest BCUT2D eigenvalue weighted by Crippen LogP contribution is -2.46. The van der Waals surface area contributed by atoms with Crippen LogP contribution in [0.5, 0.6) is 0 Å². The van der Waals surface area contributed by atoms with Gasteiger partial charge in [-0.05, 0) is 18.2 Å². The van der Waals surface area contributed by atoms with Crippen LogP contribution in [0.2, 0.25) is 0 Å². The van der Waals surface area contributed by atoms with Crippen molar-refractivity contribution >= 4 is 16.7 Å². The molecule has 0 amide bonds. The van der Waals surface area contributed by atoms with Gasteiger partial charge in [0.2, 0.25) is 5.13 Å². The molecule has 0 atom stereocenters. The fourth-order valence-corrected chi connectivity index (χ4v) is 3.70. The summed E-state index contributed by atoms with van der Waals surface area (Å²) >= 11 is 1.45. The van der Waals surface area contributed by atoms with Gasteiger partial charge >= 0.3 is 0 Å². The molecule has 6 heteroatoms. The Hall–Kier alpha value is -2.75. The first kappa shape index (κ1) is 17.7. The predicted octanol–water partition coefficient (Wildman–Crippen LogP) is 3.52. The van der Waals surface area contributed by atoms with E-state index in [-0.39, 0.29) is 5.82 Å². The van der Waals surface area contributed by atoms with Crippen molar-refractivity contribution in [3.05, 3.63) is 66.0 Å². The molecule has 2 heterocycles. The maximum Gasteiger partial charge on any atom is 0.205 e. The quantitative estimate of drug-likeness (QED) is 0.653. The Balaban J connectivity index is 1.31. The zero-order valence-corrected chi connectivity index (χ0v) is 15.6. The predicted molar refractivity (Wildman–Crippen MR) is 107 cm³/mol. The van der Waals surface area contributed by atoms with E-state index in [4.69, 9.17) is 4.98 Å². The number of hydrogen-bond donors (Lipinski definition) is 0. The van der Waals surface area contributed by atoms with E-state index < -0.39 is 0 Å². The van der Waals surface area contributed by atoms with Gasteiger partial charge in [-0.2, -0.15) is 9.36 Å². The molecule has 0 spiro atoms. The van der Waals surface area contributed by atoms with Crippen LogP contribution in [-0.2, 0) is 0 Å². The molecular weight excluding hydrogens is 359 g/mol. The Morgan fingerprint density at radius 2 is 1.81 bits per heavy atom. The zero-order valence-electron chi connectivity index (χ0n) is 14.8. The van der Waals surface area contributed by atoms with Gasteiger partial charge in [-0.25, -0.2) is 4.39 Å². The second-order valence-corrected chi connectivity index (χ2v) is 7.07. The van der Waals surface area contributed by atoms with Crippen LogP contribution in [0.4, 0.5) is 9.52 Å². The number of nitrogens with zero attached hydrogens (tertiary/aromatic N) is 4. The molecule has 4 rings (SSSR count). The summed E-state index contributed by atoms with van der Waals surface area (Å²) in [5, 5.41) is 0.972. The Kier molecular flexibility index (Phi) is 5.42. The van der Waals surface area contributed by atoms with E-state index in [1.165, 1.54) is 23.7 Å². The van der Waals surface area contributed by atoms with Crippen molar-refractivity contribution in [3.63, 3.8) is 0 Å². The minimum absolute atomic E-state index is 0.248. The van der Waals surface area contributed by atoms with E-state index in [9.17, 15) is 4.39 Å². The average Bonchev–Trinajstić information content (AvgIpc) is 3.20. The lowest BCUT2D eigenvalue weighted by molar-refractivity contribution is 0.288. The molecule has 1 fully saturated rings. The van der Waals surface area contributed by atoms with Gasteiger partial charge < -0.3 is 4.90 Å². The normalized spacial score (nSPS) is 14.6. The van der Waals surface area contributed by atoms with Crippen LogP contribution < -0.4 is 4.90 Å². The average molecular weight is 378 g/mol. The van der Waals surface area contributed by atoms with Crippen molar-refractivity contribution in [1.29, 1.82) is 0 Å². The molecule has 136 valence electrons. The molecule has 2 aromatic carbocycles. The highest BCUT2D eigenvalue weighted by atomic mass is 32.1.